The zero-order valence-electron chi connectivity index (χ0n) is 13.6. The number of nitrogens with zero attached hydrogens (tertiary/aromatic N) is 3. The molecule has 11 heteroatoms. The highest BCUT2D eigenvalue weighted by Crippen LogP contribution is 2.22. The largest absolute Gasteiger partial charge is 0.287 e. The van der Waals surface area contributed by atoms with Gasteiger partial charge >= 0.3 is 0 Å². The Morgan fingerprint density at radius 2 is 1.74 bits per heavy atom. The number of carbonyl (C=O) groups is 1. The number of carbonyl (C=O) groups excluding carboxylic acids is 1. The topological polar surface area (TPSA) is 93.9 Å². The van der Waals surface area contributed by atoms with Crippen LogP contribution in [-0.2, 0) is 10.0 Å². The van der Waals surface area contributed by atoms with E-state index in [0.717, 1.165) is 16.8 Å². The fourth-order valence-electron chi connectivity index (χ4n) is 2.33. The van der Waals surface area contributed by atoms with Crippen LogP contribution < -0.4 is 4.72 Å². The minimum atomic E-state index is -4.28. The van der Waals surface area contributed by atoms with E-state index in [1.165, 1.54) is 37.3 Å². The van der Waals surface area contributed by atoms with Crippen molar-refractivity contribution < 1.29 is 22.0 Å². The van der Waals surface area contributed by atoms with Crippen molar-refractivity contribution in [3.05, 3.63) is 70.5 Å². The number of benzene rings is 2. The summed E-state index contributed by atoms with van der Waals surface area (Å²) in [6.07, 6.45) is 0. The number of halogens is 3. The van der Waals surface area contributed by atoms with Crippen LogP contribution in [0.2, 0.25) is 5.02 Å². The first-order valence-corrected chi connectivity index (χ1v) is 9.27. The van der Waals surface area contributed by atoms with E-state index in [-0.39, 0.29) is 15.6 Å². The van der Waals surface area contributed by atoms with Crippen LogP contribution in [0, 0.1) is 18.6 Å². The Balaban J connectivity index is 1.96. The Labute approximate surface area is 157 Å². The molecule has 27 heavy (non-hydrogen) atoms. The highest BCUT2D eigenvalue weighted by atomic mass is 35.5. The van der Waals surface area contributed by atoms with Gasteiger partial charge in [-0.2, -0.15) is 0 Å². The molecule has 0 unspecified atom stereocenters. The van der Waals surface area contributed by atoms with Gasteiger partial charge in [0.2, 0.25) is 0 Å². The minimum absolute atomic E-state index is 0.0501. The predicted octanol–water partition coefficient (Wildman–Crippen LogP) is 2.63. The van der Waals surface area contributed by atoms with Crippen LogP contribution in [0.5, 0.6) is 0 Å². The third-order valence-corrected chi connectivity index (χ3v) is 5.44. The molecule has 2 aromatic carbocycles. The molecule has 0 spiro atoms. The molecule has 1 amide bonds. The molecule has 0 atom stereocenters. The Bertz CT molecular complexity index is 1130. The lowest BCUT2D eigenvalue weighted by Crippen LogP contribution is -2.31. The van der Waals surface area contributed by atoms with Crippen molar-refractivity contribution >= 4 is 27.5 Å². The fourth-order valence-corrected chi connectivity index (χ4v) is 3.80. The molecule has 1 aromatic heterocycles. The van der Waals surface area contributed by atoms with E-state index in [2.05, 4.69) is 10.3 Å². The SMILES string of the molecule is Cc1c(C(=O)NS(=O)(=O)c2ccccc2Cl)nnn1-c1c(F)cccc1F. The Kier molecular flexibility index (Phi) is 4.94. The number of sulfonamides is 1. The molecule has 140 valence electrons. The van der Waals surface area contributed by atoms with Crippen molar-refractivity contribution in [3.63, 3.8) is 0 Å². The number of aromatic nitrogens is 3. The number of amides is 1. The van der Waals surface area contributed by atoms with Crippen molar-refractivity contribution in [1.29, 1.82) is 0 Å². The second-order valence-corrected chi connectivity index (χ2v) is 7.43. The second-order valence-electron chi connectivity index (χ2n) is 5.37. The van der Waals surface area contributed by atoms with Crippen LogP contribution in [0.25, 0.3) is 5.69 Å². The molecule has 0 aliphatic carbocycles. The van der Waals surface area contributed by atoms with E-state index in [1.807, 2.05) is 4.72 Å². The van der Waals surface area contributed by atoms with Crippen LogP contribution in [0.3, 0.4) is 0 Å². The molecule has 3 rings (SSSR count). The molecule has 0 aliphatic heterocycles. The summed E-state index contributed by atoms with van der Waals surface area (Å²) in [4.78, 5) is 12.0. The molecule has 0 bridgehead atoms. The maximum absolute atomic E-state index is 13.9. The van der Waals surface area contributed by atoms with Gasteiger partial charge in [0.15, 0.2) is 17.3 Å². The Morgan fingerprint density at radius 3 is 2.37 bits per heavy atom. The Morgan fingerprint density at radius 1 is 1.11 bits per heavy atom. The van der Waals surface area contributed by atoms with E-state index in [9.17, 15) is 22.0 Å². The van der Waals surface area contributed by atoms with Crippen molar-refractivity contribution in [2.75, 3.05) is 0 Å². The average molecular weight is 413 g/mol. The van der Waals surface area contributed by atoms with Gasteiger partial charge in [-0.1, -0.05) is 35.0 Å². The summed E-state index contributed by atoms with van der Waals surface area (Å²) in [6.45, 7) is 1.32. The van der Waals surface area contributed by atoms with Gasteiger partial charge in [0.1, 0.15) is 10.6 Å². The summed E-state index contributed by atoms with van der Waals surface area (Å²) in [5.41, 5.74) is -0.991. The molecule has 0 radical (unpaired) electrons. The molecule has 1 N–H and O–H groups in total. The summed E-state index contributed by atoms with van der Waals surface area (Å²) in [6, 6.07) is 8.74. The lowest BCUT2D eigenvalue weighted by Gasteiger charge is -2.08. The normalized spacial score (nSPS) is 11.4. The third-order valence-electron chi connectivity index (χ3n) is 3.61. The van der Waals surface area contributed by atoms with Gasteiger partial charge in [-0.05, 0) is 31.2 Å². The van der Waals surface area contributed by atoms with E-state index >= 15 is 0 Å². The van der Waals surface area contributed by atoms with E-state index in [4.69, 9.17) is 11.6 Å². The fraction of sp³-hybridized carbons (Fsp3) is 0.0625. The molecule has 3 aromatic rings. The van der Waals surface area contributed by atoms with E-state index < -0.39 is 38.9 Å². The van der Waals surface area contributed by atoms with Crippen LogP contribution in [0.1, 0.15) is 16.2 Å². The van der Waals surface area contributed by atoms with E-state index in [0.29, 0.717) is 0 Å². The van der Waals surface area contributed by atoms with Crippen molar-refractivity contribution in [2.24, 2.45) is 0 Å². The predicted molar refractivity (Wildman–Crippen MR) is 92.1 cm³/mol. The number of para-hydroxylation sites is 1. The number of hydrogen-bond donors (Lipinski definition) is 1. The zero-order valence-corrected chi connectivity index (χ0v) is 15.2. The van der Waals surface area contributed by atoms with Gasteiger partial charge in [-0.15, -0.1) is 5.10 Å². The van der Waals surface area contributed by atoms with Crippen molar-refractivity contribution in [2.45, 2.75) is 11.8 Å². The first kappa shape index (κ1) is 18.9. The highest BCUT2D eigenvalue weighted by Gasteiger charge is 2.26. The van der Waals surface area contributed by atoms with Crippen LogP contribution in [-0.4, -0.2) is 29.3 Å². The number of rotatable bonds is 4. The van der Waals surface area contributed by atoms with Crippen molar-refractivity contribution in [3.8, 4) is 5.69 Å². The van der Waals surface area contributed by atoms with Gasteiger partial charge in [-0.3, -0.25) is 4.79 Å². The first-order chi connectivity index (χ1) is 12.7. The number of nitrogens with one attached hydrogen (secondary N) is 1. The summed E-state index contributed by atoms with van der Waals surface area (Å²) < 4.78 is 55.1. The van der Waals surface area contributed by atoms with Crippen LogP contribution in [0.15, 0.2) is 47.4 Å². The summed E-state index contributed by atoms with van der Waals surface area (Å²) in [7, 11) is -4.28. The summed E-state index contributed by atoms with van der Waals surface area (Å²) in [5, 5.41) is 7.02. The lowest BCUT2D eigenvalue weighted by atomic mass is 10.2. The molecule has 0 saturated heterocycles. The van der Waals surface area contributed by atoms with Crippen molar-refractivity contribution in [1.82, 2.24) is 19.7 Å². The quantitative estimate of drug-likeness (QED) is 0.711. The smallest absolute Gasteiger partial charge is 0.266 e. The molecule has 1 heterocycles. The van der Waals surface area contributed by atoms with Gasteiger partial charge in [0.25, 0.3) is 15.9 Å². The van der Waals surface area contributed by atoms with Crippen LogP contribution in [0.4, 0.5) is 8.78 Å². The van der Waals surface area contributed by atoms with Gasteiger partial charge < -0.3 is 0 Å². The van der Waals surface area contributed by atoms with Gasteiger partial charge in [0.05, 0.1) is 10.7 Å². The lowest BCUT2D eigenvalue weighted by molar-refractivity contribution is 0.0976. The van der Waals surface area contributed by atoms with Gasteiger partial charge in [0, 0.05) is 0 Å². The zero-order chi connectivity index (χ0) is 19.8. The first-order valence-electron chi connectivity index (χ1n) is 7.40. The highest BCUT2D eigenvalue weighted by molar-refractivity contribution is 7.90. The van der Waals surface area contributed by atoms with Crippen LogP contribution >= 0.6 is 11.6 Å². The standard InChI is InChI=1S/C16H11ClF2N4O3S/c1-9-14(20-22-23(9)15-11(18)6-4-7-12(15)19)16(24)21-27(25,26)13-8-3-2-5-10(13)17/h2-8H,1H3,(H,21,24). The maximum atomic E-state index is 13.9. The molecule has 0 saturated carbocycles. The number of hydrogen-bond acceptors (Lipinski definition) is 5. The average Bonchev–Trinajstić information content (AvgIpc) is 2.96. The molecular weight excluding hydrogens is 402 g/mol. The summed E-state index contributed by atoms with van der Waals surface area (Å²) >= 11 is 5.84. The minimum Gasteiger partial charge on any atom is -0.266 e. The molecular formula is C16H11ClF2N4O3S. The molecule has 7 nitrogen and oxygen atoms in total. The Hall–Kier alpha value is -2.85. The molecule has 0 aliphatic rings. The summed E-state index contributed by atoms with van der Waals surface area (Å²) in [5.74, 6) is -2.95. The van der Waals surface area contributed by atoms with E-state index in [1.54, 1.807) is 0 Å². The molecule has 0 fully saturated rings. The maximum Gasteiger partial charge on any atom is 0.287 e. The van der Waals surface area contributed by atoms with Gasteiger partial charge in [-0.25, -0.2) is 26.6 Å². The second kappa shape index (κ2) is 7.05. The third kappa shape index (κ3) is 3.53. The monoisotopic (exact) mass is 412 g/mol.